The average molecular weight is 292 g/mol. The normalized spacial score (nSPS) is 15.2. The molecule has 0 amide bonds. The lowest BCUT2D eigenvalue weighted by molar-refractivity contribution is 0.171. The quantitative estimate of drug-likeness (QED) is 0.799. The Kier molecular flexibility index (Phi) is 6.33. The van der Waals surface area contributed by atoms with E-state index in [4.69, 9.17) is 9.47 Å². The van der Waals surface area contributed by atoms with Crippen LogP contribution in [0.4, 0.5) is 0 Å². The van der Waals surface area contributed by atoms with Crippen LogP contribution in [0.2, 0.25) is 0 Å². The van der Waals surface area contributed by atoms with Crippen molar-refractivity contribution in [1.29, 1.82) is 0 Å². The van der Waals surface area contributed by atoms with E-state index in [2.05, 4.69) is 36.2 Å². The third kappa shape index (κ3) is 4.35. The molecule has 118 valence electrons. The first-order chi connectivity index (χ1) is 10.3. The standard InChI is InChI=1S/C17H28N2O2/c1-4-8-19(9-5-2)13-15(18-3)14-6-7-16-17(12-14)21-11-10-20-16/h6-7,12,15,18H,4-5,8-11,13H2,1-3H3. The Labute approximate surface area is 128 Å². The Hall–Kier alpha value is -1.26. The topological polar surface area (TPSA) is 33.7 Å². The van der Waals surface area contributed by atoms with Crippen LogP contribution >= 0.6 is 0 Å². The second kappa shape index (κ2) is 8.25. The lowest BCUT2D eigenvalue weighted by atomic mass is 10.1. The zero-order valence-electron chi connectivity index (χ0n) is 13.5. The van der Waals surface area contributed by atoms with Crippen molar-refractivity contribution < 1.29 is 9.47 Å². The summed E-state index contributed by atoms with van der Waals surface area (Å²) >= 11 is 0. The molecule has 1 aromatic carbocycles. The summed E-state index contributed by atoms with van der Waals surface area (Å²) < 4.78 is 11.3. The number of hydrogen-bond donors (Lipinski definition) is 1. The van der Waals surface area contributed by atoms with Gasteiger partial charge in [-0.1, -0.05) is 19.9 Å². The summed E-state index contributed by atoms with van der Waals surface area (Å²) in [5, 5.41) is 3.43. The predicted molar refractivity (Wildman–Crippen MR) is 86.3 cm³/mol. The zero-order valence-corrected chi connectivity index (χ0v) is 13.5. The molecular formula is C17H28N2O2. The maximum Gasteiger partial charge on any atom is 0.161 e. The fourth-order valence-corrected chi connectivity index (χ4v) is 2.83. The van der Waals surface area contributed by atoms with E-state index in [1.807, 2.05) is 13.1 Å². The second-order valence-corrected chi connectivity index (χ2v) is 5.54. The third-order valence-electron chi connectivity index (χ3n) is 3.84. The van der Waals surface area contributed by atoms with Crippen molar-refractivity contribution in [2.75, 3.05) is 39.9 Å². The van der Waals surface area contributed by atoms with Crippen LogP contribution in [-0.2, 0) is 0 Å². The predicted octanol–water partition coefficient (Wildman–Crippen LogP) is 2.84. The van der Waals surface area contributed by atoms with Crippen molar-refractivity contribution in [1.82, 2.24) is 10.2 Å². The molecular weight excluding hydrogens is 264 g/mol. The van der Waals surface area contributed by atoms with Gasteiger partial charge in [0.2, 0.25) is 0 Å². The summed E-state index contributed by atoms with van der Waals surface area (Å²) in [4.78, 5) is 2.53. The van der Waals surface area contributed by atoms with E-state index >= 15 is 0 Å². The molecule has 0 spiro atoms. The number of fused-ring (bicyclic) bond motifs is 1. The Morgan fingerprint density at radius 2 is 1.76 bits per heavy atom. The van der Waals surface area contributed by atoms with E-state index < -0.39 is 0 Å². The van der Waals surface area contributed by atoms with E-state index in [0.29, 0.717) is 19.3 Å². The van der Waals surface area contributed by atoms with E-state index in [-0.39, 0.29) is 0 Å². The van der Waals surface area contributed by atoms with E-state index in [0.717, 1.165) is 31.1 Å². The third-order valence-corrected chi connectivity index (χ3v) is 3.84. The first-order valence-electron chi connectivity index (χ1n) is 8.07. The molecule has 0 radical (unpaired) electrons. The highest BCUT2D eigenvalue weighted by molar-refractivity contribution is 5.44. The van der Waals surface area contributed by atoms with E-state index in [1.165, 1.54) is 18.4 Å². The van der Waals surface area contributed by atoms with Gasteiger partial charge < -0.3 is 19.7 Å². The fraction of sp³-hybridized carbons (Fsp3) is 0.647. The molecule has 4 nitrogen and oxygen atoms in total. The monoisotopic (exact) mass is 292 g/mol. The zero-order chi connectivity index (χ0) is 15.1. The number of rotatable bonds is 8. The summed E-state index contributed by atoms with van der Waals surface area (Å²) in [6, 6.07) is 6.60. The maximum atomic E-state index is 5.69. The molecule has 0 bridgehead atoms. The number of benzene rings is 1. The molecule has 0 aliphatic carbocycles. The van der Waals surface area contributed by atoms with Gasteiger partial charge in [0.05, 0.1) is 0 Å². The summed E-state index contributed by atoms with van der Waals surface area (Å²) in [6.45, 7) is 9.08. The second-order valence-electron chi connectivity index (χ2n) is 5.54. The summed E-state index contributed by atoms with van der Waals surface area (Å²) in [6.07, 6.45) is 2.38. The number of nitrogens with one attached hydrogen (secondary N) is 1. The van der Waals surface area contributed by atoms with Gasteiger partial charge in [0.15, 0.2) is 11.5 Å². The van der Waals surface area contributed by atoms with Crippen LogP contribution in [0.3, 0.4) is 0 Å². The molecule has 1 heterocycles. The number of hydrogen-bond acceptors (Lipinski definition) is 4. The van der Waals surface area contributed by atoms with Gasteiger partial charge in [0.25, 0.3) is 0 Å². The minimum Gasteiger partial charge on any atom is -0.486 e. The van der Waals surface area contributed by atoms with Crippen molar-refractivity contribution in [2.24, 2.45) is 0 Å². The molecule has 1 aliphatic heterocycles. The highest BCUT2D eigenvalue weighted by Gasteiger charge is 2.18. The van der Waals surface area contributed by atoms with Crippen molar-refractivity contribution in [3.8, 4) is 11.5 Å². The number of ether oxygens (including phenoxy) is 2. The molecule has 4 heteroatoms. The first kappa shape index (κ1) is 16.1. The molecule has 21 heavy (non-hydrogen) atoms. The van der Waals surface area contributed by atoms with E-state index in [9.17, 15) is 0 Å². The minimum absolute atomic E-state index is 0.318. The highest BCUT2D eigenvalue weighted by atomic mass is 16.6. The van der Waals surface area contributed by atoms with Crippen LogP contribution in [0, 0.1) is 0 Å². The van der Waals surface area contributed by atoms with Gasteiger partial charge >= 0.3 is 0 Å². The lowest BCUT2D eigenvalue weighted by Crippen LogP contribution is -2.35. The molecule has 1 unspecified atom stereocenters. The average Bonchev–Trinajstić information content (AvgIpc) is 2.52. The first-order valence-corrected chi connectivity index (χ1v) is 8.07. The van der Waals surface area contributed by atoms with Gasteiger partial charge in [-0.15, -0.1) is 0 Å². The number of likely N-dealkylation sites (N-methyl/N-ethyl adjacent to an activating group) is 1. The summed E-state index contributed by atoms with van der Waals surface area (Å²) in [5.41, 5.74) is 1.26. The smallest absolute Gasteiger partial charge is 0.161 e. The van der Waals surface area contributed by atoms with E-state index in [1.54, 1.807) is 0 Å². The van der Waals surface area contributed by atoms with Crippen molar-refractivity contribution in [3.05, 3.63) is 23.8 Å². The lowest BCUT2D eigenvalue weighted by Gasteiger charge is -2.28. The van der Waals surface area contributed by atoms with Crippen LogP contribution in [0.1, 0.15) is 38.3 Å². The minimum atomic E-state index is 0.318. The van der Waals surface area contributed by atoms with Gasteiger partial charge in [-0.2, -0.15) is 0 Å². The maximum absolute atomic E-state index is 5.69. The molecule has 1 atom stereocenters. The number of nitrogens with zero attached hydrogens (tertiary/aromatic N) is 1. The van der Waals surface area contributed by atoms with Crippen molar-refractivity contribution >= 4 is 0 Å². The highest BCUT2D eigenvalue weighted by Crippen LogP contribution is 2.32. The van der Waals surface area contributed by atoms with Gasteiger partial charge in [0.1, 0.15) is 13.2 Å². The van der Waals surface area contributed by atoms with Gasteiger partial charge in [0, 0.05) is 12.6 Å². The Morgan fingerprint density at radius 3 is 2.38 bits per heavy atom. The van der Waals surface area contributed by atoms with Crippen LogP contribution < -0.4 is 14.8 Å². The molecule has 1 N–H and O–H groups in total. The molecule has 1 aliphatic rings. The van der Waals surface area contributed by atoms with Crippen molar-refractivity contribution in [3.63, 3.8) is 0 Å². The van der Waals surface area contributed by atoms with Crippen LogP contribution in [-0.4, -0.2) is 44.8 Å². The van der Waals surface area contributed by atoms with Crippen LogP contribution in [0.15, 0.2) is 18.2 Å². The summed E-state index contributed by atoms with van der Waals surface area (Å²) in [7, 11) is 2.03. The van der Waals surface area contributed by atoms with Gasteiger partial charge in [-0.3, -0.25) is 0 Å². The Balaban J connectivity index is 2.09. The molecule has 1 aromatic rings. The molecule has 0 saturated heterocycles. The van der Waals surface area contributed by atoms with Gasteiger partial charge in [-0.05, 0) is 50.7 Å². The molecule has 2 rings (SSSR count). The fourth-order valence-electron chi connectivity index (χ4n) is 2.83. The largest absolute Gasteiger partial charge is 0.486 e. The SMILES string of the molecule is CCCN(CCC)CC(NC)c1ccc2c(c1)OCCO2. The Bertz CT molecular complexity index is 431. The molecule has 0 saturated carbocycles. The van der Waals surface area contributed by atoms with Crippen LogP contribution in [0.25, 0.3) is 0 Å². The van der Waals surface area contributed by atoms with Gasteiger partial charge in [-0.25, -0.2) is 0 Å². The van der Waals surface area contributed by atoms with Crippen molar-refractivity contribution in [2.45, 2.75) is 32.7 Å². The summed E-state index contributed by atoms with van der Waals surface area (Å²) in [5.74, 6) is 1.73. The Morgan fingerprint density at radius 1 is 1.10 bits per heavy atom. The van der Waals surface area contributed by atoms with Crippen LogP contribution in [0.5, 0.6) is 11.5 Å². The molecule has 0 fully saturated rings. The molecule has 0 aromatic heterocycles.